The van der Waals surface area contributed by atoms with Crippen molar-refractivity contribution in [3.05, 3.63) is 82.9 Å². The van der Waals surface area contributed by atoms with Crippen molar-refractivity contribution in [2.24, 2.45) is 16.7 Å². The molecule has 0 spiro atoms. The predicted molar refractivity (Wildman–Crippen MR) is 203 cm³/mol. The minimum Gasteiger partial charge on any atom is -0.456 e. The molecule has 2 aromatic rings. The van der Waals surface area contributed by atoms with Crippen molar-refractivity contribution in [1.82, 2.24) is 4.90 Å². The van der Waals surface area contributed by atoms with Crippen LogP contribution in [0, 0.1) is 16.7 Å². The number of carbonyl (C=O) groups excluding carboxylic acids is 5. The molecule has 0 radical (unpaired) electrons. The van der Waals surface area contributed by atoms with Crippen LogP contribution in [0.2, 0.25) is 0 Å². The van der Waals surface area contributed by atoms with Crippen molar-refractivity contribution >= 4 is 29.8 Å². The molecule has 2 bridgehead atoms. The maximum absolute atomic E-state index is 15.0. The van der Waals surface area contributed by atoms with E-state index in [1.165, 1.54) is 70.2 Å². The molecule has 7 rings (SSSR count). The Hall–Kier alpha value is -4.71. The molecule has 5 aliphatic rings. The number of aliphatic hydroxyl groups is 5. The third-order valence-electron chi connectivity index (χ3n) is 13.2. The summed E-state index contributed by atoms with van der Waals surface area (Å²) in [6.45, 7) is -1.07. The number of carbonyl (C=O) groups is 5. The molecule has 2 saturated heterocycles. The highest BCUT2D eigenvalue weighted by Gasteiger charge is 2.78. The number of rotatable bonds is 8. The lowest BCUT2D eigenvalue weighted by Gasteiger charge is -2.67. The summed E-state index contributed by atoms with van der Waals surface area (Å²) in [6, 6.07) is 12.3. The zero-order valence-electron chi connectivity index (χ0n) is 38.9. The maximum Gasteiger partial charge on any atom is 0.413 e. The molecule has 5 N–H and O–H groups in total. The van der Waals surface area contributed by atoms with Gasteiger partial charge < -0.3 is 49.2 Å². The molecule has 4 fully saturated rings. The van der Waals surface area contributed by atoms with Crippen molar-refractivity contribution in [3.8, 4) is 0 Å². The topological polar surface area (TPSA) is 236 Å². The third kappa shape index (κ3) is 6.29. The fourth-order valence-electron chi connectivity index (χ4n) is 10.1. The van der Waals surface area contributed by atoms with Crippen molar-refractivity contribution in [2.75, 3.05) is 6.61 Å². The monoisotopic (exact) mass is 827 g/mol. The Balaban J connectivity index is 1.37. The van der Waals surface area contributed by atoms with E-state index in [0.29, 0.717) is 0 Å². The predicted octanol–water partition coefficient (Wildman–Crippen LogP) is 2.28. The largest absolute Gasteiger partial charge is 0.456 e. The van der Waals surface area contributed by atoms with Crippen LogP contribution in [-0.4, -0.2) is 126 Å². The number of fused-ring (bicyclic) bond motifs is 5. The lowest BCUT2D eigenvalue weighted by Crippen LogP contribution is -2.81. The number of aliphatic hydroxyl groups excluding tert-OH is 4. The van der Waals surface area contributed by atoms with Gasteiger partial charge in [0.25, 0.3) is 0 Å². The quantitative estimate of drug-likeness (QED) is 0.146. The third-order valence-corrected chi connectivity index (χ3v) is 13.2. The van der Waals surface area contributed by atoms with Crippen molar-refractivity contribution < 1.29 is 81.4 Å². The molecule has 2 heterocycles. The van der Waals surface area contributed by atoms with Crippen molar-refractivity contribution in [3.63, 3.8) is 0 Å². The summed E-state index contributed by atoms with van der Waals surface area (Å²) in [6.07, 6.45) is -16.7. The molecule has 318 valence electrons. The van der Waals surface area contributed by atoms with Gasteiger partial charge in [0.1, 0.15) is 30.0 Å². The number of Topliss-reactive ketones (excluding diaryl/α,β-unsaturated/α-hetero) is 1. The first-order valence-electron chi connectivity index (χ1n) is 22.1. The Kier molecular flexibility index (Phi) is 8.61. The van der Waals surface area contributed by atoms with E-state index >= 15 is 4.79 Å². The summed E-state index contributed by atoms with van der Waals surface area (Å²) in [5, 5.41) is 61.1. The molecule has 59 heavy (non-hydrogen) atoms. The summed E-state index contributed by atoms with van der Waals surface area (Å²) in [7, 11) is 0. The molecule has 0 aromatic heterocycles. The Labute approximate surface area is 349 Å². The first-order valence-corrected chi connectivity index (χ1v) is 19.1. The van der Waals surface area contributed by atoms with Crippen LogP contribution in [0.3, 0.4) is 0 Å². The van der Waals surface area contributed by atoms with Crippen LogP contribution in [0.5, 0.6) is 0 Å². The smallest absolute Gasteiger partial charge is 0.413 e. The first kappa shape index (κ1) is 35.1. The molecule has 1 amide bonds. The summed E-state index contributed by atoms with van der Waals surface area (Å²) >= 11 is 0. The van der Waals surface area contributed by atoms with E-state index < -0.39 is 132 Å². The van der Waals surface area contributed by atoms with Crippen LogP contribution in [0.15, 0.2) is 71.8 Å². The first-order chi connectivity index (χ1) is 30.0. The minimum absolute atomic E-state index is 0.00669. The Morgan fingerprint density at radius 1 is 0.966 bits per heavy atom. The second-order valence-corrected chi connectivity index (χ2v) is 16.8. The number of hydrogen-bond acceptors (Lipinski definition) is 15. The number of benzene rings is 2. The van der Waals surface area contributed by atoms with E-state index in [1.807, 2.05) is 0 Å². The number of nitrogens with zero attached hydrogens (tertiary/aromatic N) is 1. The van der Waals surface area contributed by atoms with Crippen molar-refractivity contribution in [2.45, 2.75) is 127 Å². The molecule has 16 nitrogen and oxygen atoms in total. The van der Waals surface area contributed by atoms with E-state index in [2.05, 4.69) is 0 Å². The van der Waals surface area contributed by atoms with Crippen LogP contribution in [0.25, 0.3) is 0 Å². The Morgan fingerprint density at radius 3 is 2.15 bits per heavy atom. The average molecular weight is 828 g/mol. The number of amides is 1. The minimum atomic E-state index is -3.68. The fourth-order valence-corrected chi connectivity index (χ4v) is 10.1. The summed E-state index contributed by atoms with van der Waals surface area (Å²) in [5.41, 5.74) is -12.2. The van der Waals surface area contributed by atoms with Gasteiger partial charge in [0, 0.05) is 33.4 Å². The van der Waals surface area contributed by atoms with E-state index in [9.17, 15) is 44.7 Å². The molecular formula is C43H51NO15. The summed E-state index contributed by atoms with van der Waals surface area (Å²) in [5.74, 6) is -6.13. The van der Waals surface area contributed by atoms with Crippen LogP contribution in [-0.2, 0) is 38.1 Å². The Morgan fingerprint density at radius 2 is 1.59 bits per heavy atom. The second-order valence-electron chi connectivity index (χ2n) is 16.8. The van der Waals surface area contributed by atoms with E-state index in [-0.39, 0.29) is 40.2 Å². The highest BCUT2D eigenvalue weighted by molar-refractivity contribution is 5.94. The maximum atomic E-state index is 15.0. The molecule has 2 saturated carbocycles. The van der Waals surface area contributed by atoms with Crippen LogP contribution in [0.4, 0.5) is 4.79 Å². The Bertz CT molecular complexity index is 2280. The van der Waals surface area contributed by atoms with Gasteiger partial charge in [-0.05, 0) is 56.4 Å². The zero-order valence-corrected chi connectivity index (χ0v) is 32.9. The molecule has 2 aromatic carbocycles. The lowest BCUT2D eigenvalue weighted by molar-refractivity contribution is -0.346. The average Bonchev–Trinajstić information content (AvgIpc) is 3.50. The number of cyclic esters (lactones) is 1. The van der Waals surface area contributed by atoms with Gasteiger partial charge in [-0.1, -0.05) is 62.4 Å². The standard InChI is InChI=1S/C43H51NO15/c1-21-25(56-36(51)31(48)29(23-14-10-8-11-15-23)44-37(52)40(5,6)59-38(44)53)19-43(54)34(57-35(50)24-16-12-9-13-17-24)32-41(7,33(49)30(47)28(21)39(43,3)4)26(46)18-27-42(32,20-55-27)58-22(2)45/h8-17,25-27,29-32,34,37,46-48,52,54H,18-20H2,1-7H3/t25-,26-,27+,29-,30+,31+,32-,34-,37?,41+,42-,43+/m0/s1/i5D3,6D3. The van der Waals surface area contributed by atoms with Gasteiger partial charge in [0.15, 0.2) is 29.3 Å². The molecule has 2 aliphatic heterocycles. The van der Waals surface area contributed by atoms with E-state index in [4.69, 9.17) is 31.9 Å². The van der Waals surface area contributed by atoms with Gasteiger partial charge in [-0.3, -0.25) is 14.5 Å². The number of ketones is 1. The number of ether oxygens (including phenoxy) is 5. The van der Waals surface area contributed by atoms with Crippen LogP contribution < -0.4 is 0 Å². The van der Waals surface area contributed by atoms with Crippen LogP contribution in [0.1, 0.15) is 91.4 Å². The number of esters is 3. The van der Waals surface area contributed by atoms with Gasteiger partial charge >= 0.3 is 24.0 Å². The van der Waals surface area contributed by atoms with Gasteiger partial charge in [0.2, 0.25) is 0 Å². The van der Waals surface area contributed by atoms with Crippen LogP contribution >= 0.6 is 0 Å². The number of hydrogen-bond donors (Lipinski definition) is 5. The van der Waals surface area contributed by atoms with Crippen molar-refractivity contribution in [1.29, 1.82) is 0 Å². The zero-order chi connectivity index (χ0) is 48.2. The summed E-state index contributed by atoms with van der Waals surface area (Å²) < 4.78 is 77.0. The van der Waals surface area contributed by atoms with E-state index in [0.717, 1.165) is 6.92 Å². The normalized spacial score (nSPS) is 38.6. The van der Waals surface area contributed by atoms with E-state index in [1.54, 1.807) is 18.2 Å². The second kappa shape index (κ2) is 14.5. The van der Waals surface area contributed by atoms with Gasteiger partial charge in [-0.25, -0.2) is 14.4 Å². The molecule has 12 atom stereocenters. The van der Waals surface area contributed by atoms with Gasteiger partial charge in [-0.2, -0.15) is 0 Å². The summed E-state index contributed by atoms with van der Waals surface area (Å²) in [4.78, 5) is 70.4. The molecule has 3 aliphatic carbocycles. The SMILES string of the molecule is [2H]C([2H])([2H])C1(C([2H])([2H])[2H])OC(=O)N([C@@H](c2ccccc2)[C@@H](O)C(=O)O[C@H]2C[C@@]3(O)[C@@H](OC(=O)c4ccccc4)[C@@H]4[C@]5(OC(C)=O)CO[C@@H]5C[C@H](O)[C@@]4(C)C(=O)[C@H](O)C(=C2C)C3(C)C)C1O. The molecular weight excluding hydrogens is 770 g/mol. The fraction of sp³-hybridized carbons (Fsp3) is 0.558. The van der Waals surface area contributed by atoms with Gasteiger partial charge in [0.05, 0.1) is 35.6 Å². The highest BCUT2D eigenvalue weighted by atomic mass is 16.6. The lowest BCUT2D eigenvalue weighted by atomic mass is 9.44. The highest BCUT2D eigenvalue weighted by Crippen LogP contribution is 2.64. The molecule has 1 unspecified atom stereocenters. The van der Waals surface area contributed by atoms with Gasteiger partial charge in [-0.15, -0.1) is 0 Å². The molecule has 16 heteroatoms.